The number of hydrogen-bond donors (Lipinski definition) is 2. The van der Waals surface area contributed by atoms with E-state index in [9.17, 15) is 4.79 Å². The predicted octanol–water partition coefficient (Wildman–Crippen LogP) is 2.69. The van der Waals surface area contributed by atoms with Gasteiger partial charge in [0.25, 0.3) is 0 Å². The number of carbonyl (C=O) groups is 1. The third-order valence-electron chi connectivity index (χ3n) is 4.72. The van der Waals surface area contributed by atoms with E-state index in [1.165, 1.54) is 12.8 Å². The Bertz CT molecular complexity index is 390. The van der Waals surface area contributed by atoms with E-state index < -0.39 is 5.60 Å². The molecular weight excluding hydrogens is 280 g/mol. The highest BCUT2D eigenvalue weighted by Gasteiger charge is 2.57. The number of amides is 1. The minimum atomic E-state index is -0.436. The Morgan fingerprint density at radius 1 is 1.32 bits per heavy atom. The van der Waals surface area contributed by atoms with Gasteiger partial charge in [0.05, 0.1) is 6.10 Å². The molecule has 0 aromatic heterocycles. The first-order chi connectivity index (χ1) is 10.2. The maximum atomic E-state index is 11.5. The molecule has 2 rings (SSSR count). The van der Waals surface area contributed by atoms with Crippen molar-refractivity contribution in [2.75, 3.05) is 19.7 Å². The second kappa shape index (κ2) is 6.75. The van der Waals surface area contributed by atoms with Crippen LogP contribution in [0.3, 0.4) is 0 Å². The Morgan fingerprint density at radius 2 is 2.05 bits per heavy atom. The molecule has 0 aromatic rings. The lowest BCUT2D eigenvalue weighted by atomic mass is 9.55. The quantitative estimate of drug-likeness (QED) is 0.766. The average molecular weight is 312 g/mol. The van der Waals surface area contributed by atoms with Gasteiger partial charge >= 0.3 is 6.09 Å². The van der Waals surface area contributed by atoms with Crippen LogP contribution in [0, 0.1) is 11.3 Å². The number of alkyl carbamates (subject to hydrolysis) is 1. The Hall–Kier alpha value is -0.810. The fraction of sp³-hybridized carbons (Fsp3) is 0.941. The molecule has 1 amide bonds. The van der Waals surface area contributed by atoms with E-state index in [1.807, 2.05) is 20.8 Å². The number of carbonyl (C=O) groups excluding carboxylic acids is 1. The maximum absolute atomic E-state index is 11.5. The van der Waals surface area contributed by atoms with Gasteiger partial charge in [-0.25, -0.2) is 4.79 Å². The zero-order valence-corrected chi connectivity index (χ0v) is 14.7. The average Bonchev–Trinajstić information content (AvgIpc) is 2.40. The Morgan fingerprint density at radius 3 is 2.73 bits per heavy atom. The summed E-state index contributed by atoms with van der Waals surface area (Å²) in [6, 6.07) is 0.527. The first kappa shape index (κ1) is 17.5. The van der Waals surface area contributed by atoms with Gasteiger partial charge in [0.15, 0.2) is 0 Å². The fourth-order valence-electron chi connectivity index (χ4n) is 3.79. The van der Waals surface area contributed by atoms with Gasteiger partial charge in [-0.2, -0.15) is 0 Å². The van der Waals surface area contributed by atoms with Gasteiger partial charge in [-0.15, -0.1) is 0 Å². The Balaban J connectivity index is 1.62. The predicted molar refractivity (Wildman–Crippen MR) is 86.9 cm³/mol. The molecule has 0 radical (unpaired) electrons. The zero-order valence-electron chi connectivity index (χ0n) is 14.7. The summed E-state index contributed by atoms with van der Waals surface area (Å²) in [4.78, 5) is 11.5. The van der Waals surface area contributed by atoms with Crippen molar-refractivity contribution in [3.63, 3.8) is 0 Å². The molecule has 2 aliphatic rings. The van der Waals surface area contributed by atoms with Crippen molar-refractivity contribution in [3.05, 3.63) is 0 Å². The van der Waals surface area contributed by atoms with Crippen LogP contribution >= 0.6 is 0 Å². The number of nitrogens with one attached hydrogen (secondary N) is 2. The molecule has 1 saturated heterocycles. The van der Waals surface area contributed by atoms with Crippen LogP contribution in [0.5, 0.6) is 0 Å². The highest BCUT2D eigenvalue weighted by Crippen LogP contribution is 2.51. The molecule has 2 N–H and O–H groups in total. The molecule has 128 valence electrons. The second-order valence-electron chi connectivity index (χ2n) is 8.13. The van der Waals surface area contributed by atoms with Gasteiger partial charge in [-0.05, 0) is 46.6 Å². The molecular formula is C17H32N2O3. The molecule has 1 aliphatic carbocycles. The van der Waals surface area contributed by atoms with Crippen molar-refractivity contribution >= 4 is 6.09 Å². The topological polar surface area (TPSA) is 59.6 Å². The van der Waals surface area contributed by atoms with Crippen LogP contribution in [0.1, 0.15) is 53.9 Å². The summed E-state index contributed by atoms with van der Waals surface area (Å²) in [6.07, 6.45) is 3.43. The molecule has 0 bridgehead atoms. The zero-order chi connectivity index (χ0) is 16.4. The molecule has 1 saturated carbocycles. The van der Waals surface area contributed by atoms with Gasteiger partial charge < -0.3 is 20.1 Å². The largest absolute Gasteiger partial charge is 0.444 e. The van der Waals surface area contributed by atoms with E-state index in [0.29, 0.717) is 24.6 Å². The number of fused-ring (bicyclic) bond motifs is 1. The van der Waals surface area contributed by atoms with Gasteiger partial charge in [0.1, 0.15) is 5.60 Å². The van der Waals surface area contributed by atoms with E-state index in [2.05, 4.69) is 24.5 Å². The Kier molecular flexibility index (Phi) is 5.38. The van der Waals surface area contributed by atoms with Crippen molar-refractivity contribution in [1.82, 2.24) is 10.6 Å². The van der Waals surface area contributed by atoms with E-state index in [0.717, 1.165) is 19.6 Å². The highest BCUT2D eigenvalue weighted by atomic mass is 16.6. The van der Waals surface area contributed by atoms with Crippen LogP contribution in [-0.4, -0.2) is 43.5 Å². The van der Waals surface area contributed by atoms with Gasteiger partial charge in [-0.3, -0.25) is 0 Å². The number of ether oxygens (including phenoxy) is 2. The van der Waals surface area contributed by atoms with Gasteiger partial charge in [-0.1, -0.05) is 13.8 Å². The van der Waals surface area contributed by atoms with Crippen LogP contribution in [0.4, 0.5) is 4.79 Å². The Labute approximate surface area is 134 Å². The molecule has 5 nitrogen and oxygen atoms in total. The van der Waals surface area contributed by atoms with Crippen LogP contribution in [-0.2, 0) is 9.47 Å². The molecule has 3 atom stereocenters. The third-order valence-corrected chi connectivity index (χ3v) is 4.72. The normalized spacial score (nSPS) is 30.1. The molecule has 5 heteroatoms. The van der Waals surface area contributed by atoms with Crippen molar-refractivity contribution in [2.24, 2.45) is 11.3 Å². The summed E-state index contributed by atoms with van der Waals surface area (Å²) >= 11 is 0. The second-order valence-corrected chi connectivity index (χ2v) is 8.13. The lowest BCUT2D eigenvalue weighted by molar-refractivity contribution is -0.192. The van der Waals surface area contributed by atoms with Crippen molar-refractivity contribution in [2.45, 2.75) is 71.6 Å². The molecule has 22 heavy (non-hydrogen) atoms. The summed E-state index contributed by atoms with van der Waals surface area (Å²) in [5.41, 5.74) is -0.224. The molecule has 1 aliphatic heterocycles. The van der Waals surface area contributed by atoms with E-state index in [1.54, 1.807) is 0 Å². The summed E-state index contributed by atoms with van der Waals surface area (Å²) in [7, 11) is 0. The van der Waals surface area contributed by atoms with Crippen LogP contribution in [0.15, 0.2) is 0 Å². The first-order valence-corrected chi connectivity index (χ1v) is 8.53. The number of rotatable bonds is 5. The standard InChI is InChI=1S/C17H32N2O3/c1-16(2,3)22-15(20)19-10-7-9-18-13-12-8-6-11-21-14(12)17(13,4)5/h12-14,18H,6-11H2,1-5H3,(H,19,20). The minimum absolute atomic E-state index is 0.212. The van der Waals surface area contributed by atoms with Gasteiger partial charge in [0, 0.05) is 30.5 Å². The van der Waals surface area contributed by atoms with Crippen LogP contribution in [0.25, 0.3) is 0 Å². The monoisotopic (exact) mass is 312 g/mol. The molecule has 1 heterocycles. The van der Waals surface area contributed by atoms with Crippen molar-refractivity contribution in [1.29, 1.82) is 0 Å². The number of hydrogen-bond acceptors (Lipinski definition) is 4. The molecule has 0 spiro atoms. The van der Waals surface area contributed by atoms with Crippen LogP contribution < -0.4 is 10.6 Å². The molecule has 3 unspecified atom stereocenters. The highest BCUT2D eigenvalue weighted by molar-refractivity contribution is 5.67. The summed E-state index contributed by atoms with van der Waals surface area (Å²) < 4.78 is 11.1. The third kappa shape index (κ3) is 4.13. The fourth-order valence-corrected chi connectivity index (χ4v) is 3.79. The van der Waals surface area contributed by atoms with Crippen LogP contribution in [0.2, 0.25) is 0 Å². The lowest BCUT2D eigenvalue weighted by Gasteiger charge is -2.60. The summed E-state index contributed by atoms with van der Waals surface area (Å²) in [5, 5.41) is 6.46. The summed E-state index contributed by atoms with van der Waals surface area (Å²) in [6.45, 7) is 12.6. The van der Waals surface area contributed by atoms with E-state index in [-0.39, 0.29) is 11.5 Å². The SMILES string of the molecule is CC(C)(C)OC(=O)NCCCNC1C2CCCOC2C1(C)C. The maximum Gasteiger partial charge on any atom is 0.407 e. The van der Waals surface area contributed by atoms with Gasteiger partial charge in [0.2, 0.25) is 0 Å². The summed E-state index contributed by atoms with van der Waals surface area (Å²) in [5.74, 6) is 0.655. The lowest BCUT2D eigenvalue weighted by Crippen LogP contribution is -2.69. The van der Waals surface area contributed by atoms with E-state index in [4.69, 9.17) is 9.47 Å². The first-order valence-electron chi connectivity index (χ1n) is 8.53. The van der Waals surface area contributed by atoms with Crippen molar-refractivity contribution < 1.29 is 14.3 Å². The van der Waals surface area contributed by atoms with E-state index >= 15 is 0 Å². The van der Waals surface area contributed by atoms with Crippen molar-refractivity contribution in [3.8, 4) is 0 Å². The molecule has 2 fully saturated rings. The minimum Gasteiger partial charge on any atom is -0.444 e. The smallest absolute Gasteiger partial charge is 0.407 e. The molecule has 0 aromatic carbocycles.